The zero-order valence-electron chi connectivity index (χ0n) is 11.0. The molecule has 0 atom stereocenters. The first kappa shape index (κ1) is 13.4. The van der Waals surface area contributed by atoms with Gasteiger partial charge in [0.1, 0.15) is 17.5 Å². The minimum Gasteiger partial charge on any atom is -0.378 e. The van der Waals surface area contributed by atoms with Gasteiger partial charge in [-0.1, -0.05) is 12.1 Å². The SMILES string of the molecule is CNc1cc(COC)nc(Cc2ccc(F)cc2)n1. The van der Waals surface area contributed by atoms with E-state index in [1.165, 1.54) is 12.1 Å². The molecule has 2 rings (SSSR count). The Morgan fingerprint density at radius 3 is 2.58 bits per heavy atom. The number of hydrogen-bond acceptors (Lipinski definition) is 4. The lowest BCUT2D eigenvalue weighted by atomic mass is 10.1. The first-order chi connectivity index (χ1) is 9.21. The Labute approximate surface area is 111 Å². The molecule has 0 aliphatic heterocycles. The highest BCUT2D eigenvalue weighted by molar-refractivity contribution is 5.36. The minimum absolute atomic E-state index is 0.242. The van der Waals surface area contributed by atoms with E-state index in [4.69, 9.17) is 4.74 Å². The highest BCUT2D eigenvalue weighted by atomic mass is 19.1. The first-order valence-corrected chi connectivity index (χ1v) is 5.99. The zero-order valence-corrected chi connectivity index (χ0v) is 11.0. The molecule has 5 heteroatoms. The fourth-order valence-corrected chi connectivity index (χ4v) is 1.77. The fourth-order valence-electron chi connectivity index (χ4n) is 1.77. The Morgan fingerprint density at radius 1 is 1.21 bits per heavy atom. The van der Waals surface area contributed by atoms with E-state index >= 15 is 0 Å². The summed E-state index contributed by atoms with van der Waals surface area (Å²) in [5.41, 5.74) is 1.79. The Kier molecular flexibility index (Phi) is 4.41. The molecule has 0 saturated heterocycles. The number of halogens is 1. The van der Waals surface area contributed by atoms with Crippen molar-refractivity contribution in [2.75, 3.05) is 19.5 Å². The van der Waals surface area contributed by atoms with E-state index in [0.717, 1.165) is 17.1 Å². The molecule has 100 valence electrons. The molecular formula is C14H16FN3O. The highest BCUT2D eigenvalue weighted by Gasteiger charge is 2.05. The summed E-state index contributed by atoms with van der Waals surface area (Å²) in [5, 5.41) is 2.99. The molecule has 1 aromatic heterocycles. The van der Waals surface area contributed by atoms with Gasteiger partial charge in [0.05, 0.1) is 12.3 Å². The van der Waals surface area contributed by atoms with Crippen LogP contribution in [0.2, 0.25) is 0 Å². The maximum atomic E-state index is 12.9. The first-order valence-electron chi connectivity index (χ1n) is 5.99. The Hall–Kier alpha value is -2.01. The van der Waals surface area contributed by atoms with E-state index in [1.807, 2.05) is 6.07 Å². The molecule has 0 unspecified atom stereocenters. The molecular weight excluding hydrogens is 245 g/mol. The van der Waals surface area contributed by atoms with Crippen LogP contribution in [0, 0.1) is 5.82 Å². The highest BCUT2D eigenvalue weighted by Crippen LogP contribution is 2.12. The molecule has 19 heavy (non-hydrogen) atoms. The second-order valence-electron chi connectivity index (χ2n) is 4.15. The quantitative estimate of drug-likeness (QED) is 0.897. The summed E-state index contributed by atoms with van der Waals surface area (Å²) in [6, 6.07) is 8.19. The molecule has 1 heterocycles. The van der Waals surface area contributed by atoms with Gasteiger partial charge in [-0.25, -0.2) is 14.4 Å². The predicted molar refractivity (Wildman–Crippen MR) is 71.5 cm³/mol. The van der Waals surface area contributed by atoms with Crippen LogP contribution in [-0.2, 0) is 17.8 Å². The number of nitrogens with zero attached hydrogens (tertiary/aromatic N) is 2. The summed E-state index contributed by atoms with van der Waals surface area (Å²) in [7, 11) is 3.43. The van der Waals surface area contributed by atoms with Crippen LogP contribution in [0.15, 0.2) is 30.3 Å². The van der Waals surface area contributed by atoms with Crippen molar-refractivity contribution in [3.05, 3.63) is 53.2 Å². The molecule has 0 bridgehead atoms. The van der Waals surface area contributed by atoms with E-state index in [9.17, 15) is 4.39 Å². The maximum Gasteiger partial charge on any atom is 0.135 e. The summed E-state index contributed by atoms with van der Waals surface area (Å²) >= 11 is 0. The average Bonchev–Trinajstić information content (AvgIpc) is 2.41. The summed E-state index contributed by atoms with van der Waals surface area (Å²) < 4.78 is 17.9. The third-order valence-electron chi connectivity index (χ3n) is 2.65. The van der Waals surface area contributed by atoms with Crippen molar-refractivity contribution in [3.63, 3.8) is 0 Å². The van der Waals surface area contributed by atoms with Gasteiger partial charge in [0.2, 0.25) is 0 Å². The second-order valence-corrected chi connectivity index (χ2v) is 4.15. The molecule has 0 saturated carbocycles. The standard InChI is InChI=1S/C14H16FN3O/c1-16-13-8-12(9-19-2)17-14(18-13)7-10-3-5-11(15)6-4-10/h3-6,8H,7,9H2,1-2H3,(H,16,17,18). The smallest absolute Gasteiger partial charge is 0.135 e. The number of anilines is 1. The topological polar surface area (TPSA) is 47.0 Å². The van der Waals surface area contributed by atoms with Crippen molar-refractivity contribution in [2.24, 2.45) is 0 Å². The molecule has 1 aromatic carbocycles. The van der Waals surface area contributed by atoms with Crippen LogP contribution in [0.5, 0.6) is 0 Å². The van der Waals surface area contributed by atoms with Crippen LogP contribution in [0.1, 0.15) is 17.1 Å². The van der Waals surface area contributed by atoms with Gasteiger partial charge in [-0.3, -0.25) is 0 Å². The summed E-state index contributed by atoms with van der Waals surface area (Å²) in [4.78, 5) is 8.80. The monoisotopic (exact) mass is 261 g/mol. The number of rotatable bonds is 5. The lowest BCUT2D eigenvalue weighted by Crippen LogP contribution is -2.05. The number of methoxy groups -OCH3 is 1. The van der Waals surface area contributed by atoms with Crippen molar-refractivity contribution in [3.8, 4) is 0 Å². The minimum atomic E-state index is -0.242. The van der Waals surface area contributed by atoms with Crippen LogP contribution in [-0.4, -0.2) is 24.1 Å². The van der Waals surface area contributed by atoms with Gasteiger partial charge in [0, 0.05) is 26.6 Å². The van der Waals surface area contributed by atoms with Crippen molar-refractivity contribution >= 4 is 5.82 Å². The van der Waals surface area contributed by atoms with Crippen LogP contribution in [0.4, 0.5) is 10.2 Å². The molecule has 0 fully saturated rings. The van der Waals surface area contributed by atoms with Crippen LogP contribution in [0.25, 0.3) is 0 Å². The van der Waals surface area contributed by atoms with E-state index in [2.05, 4.69) is 15.3 Å². The molecule has 0 amide bonds. The lowest BCUT2D eigenvalue weighted by molar-refractivity contribution is 0.181. The van der Waals surface area contributed by atoms with E-state index in [-0.39, 0.29) is 5.82 Å². The zero-order chi connectivity index (χ0) is 13.7. The van der Waals surface area contributed by atoms with E-state index in [0.29, 0.717) is 18.9 Å². The van der Waals surface area contributed by atoms with Gasteiger partial charge in [0.25, 0.3) is 0 Å². The molecule has 0 aliphatic carbocycles. The second kappa shape index (κ2) is 6.24. The fraction of sp³-hybridized carbons (Fsp3) is 0.286. The number of nitrogens with one attached hydrogen (secondary N) is 1. The molecule has 0 radical (unpaired) electrons. The van der Waals surface area contributed by atoms with Gasteiger partial charge >= 0.3 is 0 Å². The number of ether oxygens (including phenoxy) is 1. The molecule has 0 aliphatic rings. The number of aromatic nitrogens is 2. The van der Waals surface area contributed by atoms with Crippen molar-refractivity contribution in [2.45, 2.75) is 13.0 Å². The summed E-state index contributed by atoms with van der Waals surface area (Å²) in [6.07, 6.45) is 0.562. The summed E-state index contributed by atoms with van der Waals surface area (Å²) in [5.74, 6) is 1.19. The maximum absolute atomic E-state index is 12.9. The number of hydrogen-bond donors (Lipinski definition) is 1. The van der Waals surface area contributed by atoms with Gasteiger partial charge in [-0.05, 0) is 17.7 Å². The average molecular weight is 261 g/mol. The molecule has 0 spiro atoms. The van der Waals surface area contributed by atoms with Crippen LogP contribution < -0.4 is 5.32 Å². The Morgan fingerprint density at radius 2 is 1.95 bits per heavy atom. The molecule has 2 aromatic rings. The van der Waals surface area contributed by atoms with Crippen molar-refractivity contribution in [1.82, 2.24) is 9.97 Å². The van der Waals surface area contributed by atoms with Crippen LogP contribution in [0.3, 0.4) is 0 Å². The van der Waals surface area contributed by atoms with Crippen molar-refractivity contribution < 1.29 is 9.13 Å². The Bertz CT molecular complexity index is 543. The predicted octanol–water partition coefficient (Wildman–Crippen LogP) is 2.39. The van der Waals surface area contributed by atoms with Crippen molar-refractivity contribution in [1.29, 1.82) is 0 Å². The summed E-state index contributed by atoms with van der Waals surface area (Å²) in [6.45, 7) is 0.438. The third-order valence-corrected chi connectivity index (χ3v) is 2.65. The van der Waals surface area contributed by atoms with Gasteiger partial charge in [-0.15, -0.1) is 0 Å². The Balaban J connectivity index is 2.23. The van der Waals surface area contributed by atoms with Gasteiger partial charge < -0.3 is 10.1 Å². The van der Waals surface area contributed by atoms with Gasteiger partial charge in [0.15, 0.2) is 0 Å². The van der Waals surface area contributed by atoms with E-state index < -0.39 is 0 Å². The number of benzene rings is 1. The molecule has 1 N–H and O–H groups in total. The lowest BCUT2D eigenvalue weighted by Gasteiger charge is -2.07. The van der Waals surface area contributed by atoms with E-state index in [1.54, 1.807) is 26.3 Å². The third kappa shape index (κ3) is 3.72. The van der Waals surface area contributed by atoms with Crippen LogP contribution >= 0.6 is 0 Å². The normalized spacial score (nSPS) is 10.5. The molecule has 4 nitrogen and oxygen atoms in total. The largest absolute Gasteiger partial charge is 0.378 e. The van der Waals surface area contributed by atoms with Gasteiger partial charge in [-0.2, -0.15) is 0 Å².